The molecule has 1 aliphatic heterocycles. The number of rotatable bonds is 5. The molecular weight excluding hydrogens is 290 g/mol. The Labute approximate surface area is 127 Å². The van der Waals surface area contributed by atoms with Gasteiger partial charge in [-0.05, 0) is 24.1 Å². The highest BCUT2D eigenvalue weighted by Gasteiger charge is 2.20. The number of halogens is 1. The molecule has 3 rings (SSSR count). The van der Waals surface area contributed by atoms with Gasteiger partial charge in [0.15, 0.2) is 5.82 Å². The molecule has 6 heteroatoms. The lowest BCUT2D eigenvalue weighted by atomic mass is 10.1. The summed E-state index contributed by atoms with van der Waals surface area (Å²) in [4.78, 5) is 17.7. The fourth-order valence-electron chi connectivity index (χ4n) is 2.46. The number of hydrogen-bond donors (Lipinski definition) is 0. The van der Waals surface area contributed by atoms with Crippen molar-refractivity contribution in [1.29, 1.82) is 0 Å². The van der Waals surface area contributed by atoms with Gasteiger partial charge in [0.1, 0.15) is 0 Å². The van der Waals surface area contributed by atoms with E-state index in [1.165, 1.54) is 0 Å². The molecule has 2 heterocycles. The van der Waals surface area contributed by atoms with Crippen LogP contribution in [0.4, 0.5) is 0 Å². The summed E-state index contributed by atoms with van der Waals surface area (Å²) in [6.45, 7) is 1.49. The van der Waals surface area contributed by atoms with Gasteiger partial charge in [-0.1, -0.05) is 28.9 Å². The lowest BCUT2D eigenvalue weighted by molar-refractivity contribution is -0.127. The van der Waals surface area contributed by atoms with E-state index in [1.807, 2.05) is 29.2 Å². The van der Waals surface area contributed by atoms with Crippen LogP contribution in [0.15, 0.2) is 28.8 Å². The maximum atomic E-state index is 11.5. The maximum Gasteiger partial charge on any atom is 0.228 e. The normalized spacial score (nSPS) is 14.9. The van der Waals surface area contributed by atoms with Crippen LogP contribution in [0.2, 0.25) is 5.02 Å². The Morgan fingerprint density at radius 1 is 1.38 bits per heavy atom. The van der Waals surface area contributed by atoms with Crippen LogP contribution in [-0.2, 0) is 17.6 Å². The third-order valence-electron chi connectivity index (χ3n) is 3.53. The van der Waals surface area contributed by atoms with Gasteiger partial charge in [-0.15, -0.1) is 0 Å². The maximum absolute atomic E-state index is 11.5. The summed E-state index contributed by atoms with van der Waals surface area (Å²) in [5.41, 5.74) is 1.05. The van der Waals surface area contributed by atoms with E-state index >= 15 is 0 Å². The van der Waals surface area contributed by atoms with Crippen molar-refractivity contribution in [2.45, 2.75) is 25.7 Å². The average molecular weight is 306 g/mol. The highest BCUT2D eigenvalue weighted by Crippen LogP contribution is 2.14. The lowest BCUT2D eigenvalue weighted by Crippen LogP contribution is -2.26. The number of benzene rings is 1. The summed E-state index contributed by atoms with van der Waals surface area (Å²) in [6, 6.07) is 7.60. The van der Waals surface area contributed by atoms with Crippen LogP contribution in [0.5, 0.6) is 0 Å². The molecule has 0 saturated carbocycles. The Kier molecular flexibility index (Phi) is 4.20. The molecular formula is C15H16ClN3O2. The Balaban J connectivity index is 1.57. The Bertz CT molecular complexity index is 641. The van der Waals surface area contributed by atoms with E-state index in [-0.39, 0.29) is 5.91 Å². The van der Waals surface area contributed by atoms with Crippen LogP contribution in [0, 0.1) is 0 Å². The molecule has 110 valence electrons. The lowest BCUT2D eigenvalue weighted by Gasteiger charge is -2.13. The van der Waals surface area contributed by atoms with Gasteiger partial charge in [-0.2, -0.15) is 4.98 Å². The fraction of sp³-hybridized carbons (Fsp3) is 0.400. The van der Waals surface area contributed by atoms with Crippen molar-refractivity contribution in [1.82, 2.24) is 15.0 Å². The van der Waals surface area contributed by atoms with Crippen LogP contribution in [0.3, 0.4) is 0 Å². The van der Waals surface area contributed by atoms with Crippen molar-refractivity contribution in [3.63, 3.8) is 0 Å². The average Bonchev–Trinajstić information content (AvgIpc) is 3.06. The molecule has 1 saturated heterocycles. The van der Waals surface area contributed by atoms with Gasteiger partial charge < -0.3 is 9.42 Å². The minimum absolute atomic E-state index is 0.216. The molecule has 1 aliphatic rings. The summed E-state index contributed by atoms with van der Waals surface area (Å²) in [5.74, 6) is 1.43. The first-order valence-corrected chi connectivity index (χ1v) is 7.42. The van der Waals surface area contributed by atoms with Gasteiger partial charge in [0.25, 0.3) is 0 Å². The smallest absolute Gasteiger partial charge is 0.228 e. The Morgan fingerprint density at radius 2 is 2.29 bits per heavy atom. The Hall–Kier alpha value is -1.88. The number of carbonyl (C=O) groups is 1. The minimum Gasteiger partial charge on any atom is -0.342 e. The van der Waals surface area contributed by atoms with Crippen LogP contribution in [0.25, 0.3) is 0 Å². The van der Waals surface area contributed by atoms with Crippen molar-refractivity contribution >= 4 is 17.5 Å². The van der Waals surface area contributed by atoms with Crippen LogP contribution in [-0.4, -0.2) is 34.0 Å². The van der Waals surface area contributed by atoms with Crippen molar-refractivity contribution in [3.8, 4) is 0 Å². The zero-order valence-electron chi connectivity index (χ0n) is 11.6. The van der Waals surface area contributed by atoms with Gasteiger partial charge in [-0.3, -0.25) is 4.79 Å². The second-order valence-corrected chi connectivity index (χ2v) is 5.58. The summed E-state index contributed by atoms with van der Waals surface area (Å²) in [5, 5.41) is 4.67. The first-order valence-electron chi connectivity index (χ1n) is 7.04. The quantitative estimate of drug-likeness (QED) is 0.851. The predicted molar refractivity (Wildman–Crippen MR) is 78.1 cm³/mol. The highest BCUT2D eigenvalue weighted by molar-refractivity contribution is 6.30. The first-order chi connectivity index (χ1) is 10.2. The van der Waals surface area contributed by atoms with Gasteiger partial charge >= 0.3 is 0 Å². The van der Waals surface area contributed by atoms with Crippen molar-refractivity contribution in [3.05, 3.63) is 46.6 Å². The Morgan fingerprint density at radius 3 is 3.05 bits per heavy atom. The van der Waals surface area contributed by atoms with Crippen molar-refractivity contribution in [2.24, 2.45) is 0 Å². The van der Waals surface area contributed by atoms with Crippen LogP contribution >= 0.6 is 11.6 Å². The molecule has 1 aromatic heterocycles. The van der Waals surface area contributed by atoms with E-state index in [1.54, 1.807) is 0 Å². The van der Waals surface area contributed by atoms with Crippen LogP contribution in [0.1, 0.15) is 30.1 Å². The molecule has 1 amide bonds. The molecule has 2 aromatic rings. The van der Waals surface area contributed by atoms with Gasteiger partial charge in [0.05, 0.1) is 0 Å². The van der Waals surface area contributed by atoms with E-state index in [0.29, 0.717) is 42.5 Å². The summed E-state index contributed by atoms with van der Waals surface area (Å²) in [6.07, 6.45) is 2.80. The molecule has 0 bridgehead atoms. The molecule has 1 fully saturated rings. The van der Waals surface area contributed by atoms with E-state index in [4.69, 9.17) is 16.1 Å². The number of nitrogens with zero attached hydrogens (tertiary/aromatic N) is 3. The predicted octanol–water partition coefficient (Wildman–Crippen LogP) is 2.48. The number of hydrogen-bond acceptors (Lipinski definition) is 4. The van der Waals surface area contributed by atoms with E-state index < -0.39 is 0 Å². The molecule has 0 spiro atoms. The van der Waals surface area contributed by atoms with Crippen molar-refractivity contribution in [2.75, 3.05) is 13.1 Å². The number of amides is 1. The van der Waals surface area contributed by atoms with Crippen molar-refractivity contribution < 1.29 is 9.32 Å². The molecule has 21 heavy (non-hydrogen) atoms. The SMILES string of the molecule is O=C1CCCN1CCc1nc(Cc2cccc(Cl)c2)no1. The molecule has 5 nitrogen and oxygen atoms in total. The zero-order valence-corrected chi connectivity index (χ0v) is 12.3. The molecule has 0 unspecified atom stereocenters. The van der Waals surface area contributed by atoms with E-state index in [2.05, 4.69) is 10.1 Å². The topological polar surface area (TPSA) is 59.2 Å². The van der Waals surface area contributed by atoms with Gasteiger partial charge in [0.2, 0.25) is 11.8 Å². The molecule has 0 atom stereocenters. The minimum atomic E-state index is 0.216. The summed E-state index contributed by atoms with van der Waals surface area (Å²) < 4.78 is 5.23. The molecule has 0 radical (unpaired) electrons. The number of carbonyl (C=O) groups excluding carboxylic acids is 1. The number of likely N-dealkylation sites (tertiary alicyclic amines) is 1. The third-order valence-corrected chi connectivity index (χ3v) is 3.76. The zero-order chi connectivity index (χ0) is 14.7. The molecule has 0 N–H and O–H groups in total. The van der Waals surface area contributed by atoms with Gasteiger partial charge in [0, 0.05) is 37.4 Å². The first kappa shape index (κ1) is 14.1. The van der Waals surface area contributed by atoms with E-state index in [9.17, 15) is 4.79 Å². The molecule has 1 aromatic carbocycles. The van der Waals surface area contributed by atoms with Crippen LogP contribution < -0.4 is 0 Å². The third kappa shape index (κ3) is 3.61. The van der Waals surface area contributed by atoms with E-state index in [0.717, 1.165) is 18.5 Å². The number of aromatic nitrogens is 2. The highest BCUT2D eigenvalue weighted by atomic mass is 35.5. The standard InChI is InChI=1S/C15H16ClN3O2/c16-12-4-1-3-11(9-12)10-13-17-14(21-18-13)6-8-19-7-2-5-15(19)20/h1,3-4,9H,2,5-8,10H2. The van der Waals surface area contributed by atoms with Gasteiger partial charge in [-0.25, -0.2) is 0 Å². The molecule has 0 aliphatic carbocycles. The second kappa shape index (κ2) is 6.26. The summed E-state index contributed by atoms with van der Waals surface area (Å²) in [7, 11) is 0. The second-order valence-electron chi connectivity index (χ2n) is 5.15. The summed E-state index contributed by atoms with van der Waals surface area (Å²) >= 11 is 5.95. The fourth-order valence-corrected chi connectivity index (χ4v) is 2.68. The largest absolute Gasteiger partial charge is 0.342 e. The monoisotopic (exact) mass is 305 g/mol.